The van der Waals surface area contributed by atoms with E-state index in [0.29, 0.717) is 22.9 Å². The van der Waals surface area contributed by atoms with Crippen LogP contribution in [0.2, 0.25) is 5.02 Å². The van der Waals surface area contributed by atoms with Crippen LogP contribution < -0.4 is 4.90 Å². The highest BCUT2D eigenvalue weighted by Gasteiger charge is 2.22. The summed E-state index contributed by atoms with van der Waals surface area (Å²) in [6.45, 7) is 1.79. The zero-order valence-electron chi connectivity index (χ0n) is 11.4. The quantitative estimate of drug-likeness (QED) is 0.804. The molecule has 0 aromatic heterocycles. The van der Waals surface area contributed by atoms with Gasteiger partial charge in [-0.05, 0) is 37.0 Å². The van der Waals surface area contributed by atoms with E-state index in [-0.39, 0.29) is 5.97 Å². The van der Waals surface area contributed by atoms with Gasteiger partial charge < -0.3 is 9.64 Å². The molecule has 0 amide bonds. The molecular formula is C15H17ClN2O2. The third-order valence-corrected chi connectivity index (χ3v) is 4.05. The minimum absolute atomic E-state index is 0.134. The number of carbonyl (C=O) groups excluding carboxylic acids is 1. The summed E-state index contributed by atoms with van der Waals surface area (Å²) in [5, 5.41) is 9.36. The van der Waals surface area contributed by atoms with Gasteiger partial charge in [-0.15, -0.1) is 0 Å². The summed E-state index contributed by atoms with van der Waals surface area (Å²) >= 11 is 6.05. The van der Waals surface area contributed by atoms with Crippen LogP contribution in [0, 0.1) is 17.2 Å². The Hall–Kier alpha value is -1.73. The molecule has 0 aliphatic carbocycles. The van der Waals surface area contributed by atoms with Crippen molar-refractivity contribution in [2.75, 3.05) is 25.1 Å². The summed E-state index contributed by atoms with van der Waals surface area (Å²) in [7, 11) is 1.43. The Bertz CT molecular complexity index is 531. The lowest BCUT2D eigenvalue weighted by Crippen LogP contribution is -2.34. The molecule has 5 heteroatoms. The number of benzene rings is 1. The monoisotopic (exact) mass is 292 g/mol. The largest absolute Gasteiger partial charge is 0.469 e. The van der Waals surface area contributed by atoms with Gasteiger partial charge in [0, 0.05) is 25.2 Å². The molecule has 1 saturated heterocycles. The molecule has 0 unspecified atom stereocenters. The molecule has 0 bridgehead atoms. The Kier molecular flexibility index (Phi) is 4.86. The van der Waals surface area contributed by atoms with E-state index in [2.05, 4.69) is 11.0 Å². The van der Waals surface area contributed by atoms with Crippen molar-refractivity contribution in [3.8, 4) is 6.07 Å². The number of rotatable bonds is 3. The maximum atomic E-state index is 11.3. The number of nitriles is 1. The zero-order chi connectivity index (χ0) is 14.5. The number of piperidine rings is 1. The molecule has 1 aliphatic heterocycles. The van der Waals surface area contributed by atoms with Gasteiger partial charge in [-0.2, -0.15) is 5.26 Å². The lowest BCUT2D eigenvalue weighted by atomic mass is 9.93. The molecule has 1 aliphatic rings. The number of hydrogen-bond acceptors (Lipinski definition) is 4. The number of ether oxygens (including phenoxy) is 1. The summed E-state index contributed by atoms with van der Waals surface area (Å²) in [6.07, 6.45) is 2.43. The number of esters is 1. The molecule has 2 rings (SSSR count). The van der Waals surface area contributed by atoms with Crippen molar-refractivity contribution in [1.82, 2.24) is 0 Å². The van der Waals surface area contributed by atoms with Crippen LogP contribution in [0.5, 0.6) is 0 Å². The third-order valence-electron chi connectivity index (χ3n) is 3.74. The van der Waals surface area contributed by atoms with E-state index >= 15 is 0 Å². The predicted octanol–water partition coefficient (Wildman–Crippen LogP) is 2.99. The molecule has 106 valence electrons. The second kappa shape index (κ2) is 6.62. The van der Waals surface area contributed by atoms with E-state index in [4.69, 9.17) is 21.6 Å². The topological polar surface area (TPSA) is 53.3 Å². The highest BCUT2D eigenvalue weighted by atomic mass is 35.5. The second-order valence-electron chi connectivity index (χ2n) is 4.99. The molecule has 4 nitrogen and oxygen atoms in total. The molecule has 0 atom stereocenters. The van der Waals surface area contributed by atoms with Crippen molar-refractivity contribution >= 4 is 23.3 Å². The van der Waals surface area contributed by atoms with Crippen molar-refractivity contribution in [3.63, 3.8) is 0 Å². The standard InChI is InChI=1S/C15H17ClN2O2/c1-20-15(19)8-11-4-6-18(7-5-11)13-3-2-12(10-17)14(16)9-13/h2-3,9,11H,4-8H2,1H3. The Morgan fingerprint density at radius 1 is 1.50 bits per heavy atom. The van der Waals surface area contributed by atoms with E-state index in [1.54, 1.807) is 6.07 Å². The number of halogens is 1. The van der Waals surface area contributed by atoms with Crippen molar-refractivity contribution in [1.29, 1.82) is 5.26 Å². The van der Waals surface area contributed by atoms with Crippen LogP contribution in [-0.2, 0) is 9.53 Å². The summed E-state index contributed by atoms with van der Waals surface area (Å²) in [4.78, 5) is 13.5. The van der Waals surface area contributed by atoms with Gasteiger partial charge in [0.2, 0.25) is 0 Å². The summed E-state index contributed by atoms with van der Waals surface area (Å²) < 4.78 is 4.71. The van der Waals surface area contributed by atoms with Crippen LogP contribution in [0.1, 0.15) is 24.8 Å². The molecule has 0 spiro atoms. The molecule has 1 aromatic rings. The Labute approximate surface area is 123 Å². The number of anilines is 1. The minimum atomic E-state index is -0.134. The summed E-state index contributed by atoms with van der Waals surface area (Å²) in [6, 6.07) is 7.56. The number of hydrogen-bond donors (Lipinski definition) is 0. The molecule has 0 N–H and O–H groups in total. The van der Waals surface area contributed by atoms with Crippen LogP contribution in [0.3, 0.4) is 0 Å². The first-order valence-corrected chi connectivity index (χ1v) is 7.03. The average Bonchev–Trinajstić information content (AvgIpc) is 2.47. The predicted molar refractivity (Wildman–Crippen MR) is 77.7 cm³/mol. The maximum absolute atomic E-state index is 11.3. The van der Waals surface area contributed by atoms with Gasteiger partial charge in [0.25, 0.3) is 0 Å². The van der Waals surface area contributed by atoms with E-state index < -0.39 is 0 Å². The second-order valence-corrected chi connectivity index (χ2v) is 5.39. The summed E-state index contributed by atoms with van der Waals surface area (Å²) in [5.41, 5.74) is 1.53. The van der Waals surface area contributed by atoms with E-state index in [0.717, 1.165) is 31.6 Å². The van der Waals surface area contributed by atoms with E-state index in [1.165, 1.54) is 7.11 Å². The van der Waals surface area contributed by atoms with Crippen molar-refractivity contribution in [3.05, 3.63) is 28.8 Å². The zero-order valence-corrected chi connectivity index (χ0v) is 12.2. The average molecular weight is 293 g/mol. The lowest BCUT2D eigenvalue weighted by molar-refractivity contribution is -0.141. The van der Waals surface area contributed by atoms with Gasteiger partial charge in [0.1, 0.15) is 6.07 Å². The van der Waals surface area contributed by atoms with E-state index in [1.807, 2.05) is 12.1 Å². The first-order chi connectivity index (χ1) is 9.63. The van der Waals surface area contributed by atoms with Gasteiger partial charge in [-0.25, -0.2) is 0 Å². The third kappa shape index (κ3) is 3.43. The molecule has 1 heterocycles. The molecule has 1 aromatic carbocycles. The molecular weight excluding hydrogens is 276 g/mol. The highest BCUT2D eigenvalue weighted by molar-refractivity contribution is 6.32. The Balaban J connectivity index is 1.95. The lowest BCUT2D eigenvalue weighted by Gasteiger charge is -2.33. The molecule has 0 radical (unpaired) electrons. The van der Waals surface area contributed by atoms with Crippen molar-refractivity contribution in [2.24, 2.45) is 5.92 Å². The fraction of sp³-hybridized carbons (Fsp3) is 0.467. The first-order valence-electron chi connectivity index (χ1n) is 6.65. The van der Waals surface area contributed by atoms with Crippen LogP contribution in [0.4, 0.5) is 5.69 Å². The van der Waals surface area contributed by atoms with Crippen molar-refractivity contribution < 1.29 is 9.53 Å². The van der Waals surface area contributed by atoms with Gasteiger partial charge in [0.15, 0.2) is 0 Å². The molecule has 0 saturated carbocycles. The fourth-order valence-electron chi connectivity index (χ4n) is 2.51. The maximum Gasteiger partial charge on any atom is 0.305 e. The van der Waals surface area contributed by atoms with Gasteiger partial charge in [0.05, 0.1) is 17.7 Å². The van der Waals surface area contributed by atoms with E-state index in [9.17, 15) is 4.79 Å². The van der Waals surface area contributed by atoms with Gasteiger partial charge in [-0.1, -0.05) is 11.6 Å². The normalized spacial score (nSPS) is 15.8. The molecule has 20 heavy (non-hydrogen) atoms. The first kappa shape index (κ1) is 14.7. The number of nitrogens with zero attached hydrogens (tertiary/aromatic N) is 2. The minimum Gasteiger partial charge on any atom is -0.469 e. The number of carbonyl (C=O) groups is 1. The highest BCUT2D eigenvalue weighted by Crippen LogP contribution is 2.28. The van der Waals surface area contributed by atoms with Crippen molar-refractivity contribution in [2.45, 2.75) is 19.3 Å². The van der Waals surface area contributed by atoms with Crippen LogP contribution in [0.25, 0.3) is 0 Å². The SMILES string of the molecule is COC(=O)CC1CCN(c2ccc(C#N)c(Cl)c2)CC1. The smallest absolute Gasteiger partial charge is 0.305 e. The van der Waals surface area contributed by atoms with Gasteiger partial charge in [-0.3, -0.25) is 4.79 Å². The van der Waals surface area contributed by atoms with Crippen LogP contribution >= 0.6 is 11.6 Å². The fourth-order valence-corrected chi connectivity index (χ4v) is 2.72. The van der Waals surface area contributed by atoms with Crippen LogP contribution in [-0.4, -0.2) is 26.2 Å². The summed E-state index contributed by atoms with van der Waals surface area (Å²) in [5.74, 6) is 0.262. The number of methoxy groups -OCH3 is 1. The molecule has 1 fully saturated rings. The van der Waals surface area contributed by atoms with Crippen LogP contribution in [0.15, 0.2) is 18.2 Å². The van der Waals surface area contributed by atoms with Gasteiger partial charge >= 0.3 is 5.97 Å². The Morgan fingerprint density at radius 3 is 2.75 bits per heavy atom. The Morgan fingerprint density at radius 2 is 2.20 bits per heavy atom.